The highest BCUT2D eigenvalue weighted by Crippen LogP contribution is 2.44. The molecule has 1 unspecified atom stereocenters. The summed E-state index contributed by atoms with van der Waals surface area (Å²) in [5.74, 6) is 3.34. The van der Waals surface area contributed by atoms with Crippen molar-refractivity contribution in [1.82, 2.24) is 0 Å². The van der Waals surface area contributed by atoms with Crippen molar-refractivity contribution in [3.05, 3.63) is 27.8 Å². The molecule has 2 aliphatic rings. The number of carbonyl (C=O) groups excluding carboxylic acids is 2. The standard InChI is InChI=1S/C37H60O5/c1-10-31(35(38)37(9)22-40-36(39)41-23-37)33-27(6)28(7)34-32(29(33)8)21-20-30(42-34)19-13-18-26(5)17-12-16-25(4)15-11-14-24(2)3/h24-26,30-31H,10-23H2,1-9H3/t25-,26-,30-,31?/m1/s1. The van der Waals surface area contributed by atoms with Gasteiger partial charge < -0.3 is 14.2 Å². The largest absolute Gasteiger partial charge is 0.508 e. The number of hydrogen-bond donors (Lipinski definition) is 0. The molecule has 4 atom stereocenters. The summed E-state index contributed by atoms with van der Waals surface area (Å²) < 4.78 is 16.9. The number of Topliss-reactive ketones (excluding diaryl/α,β-unsaturated/α-hetero) is 1. The summed E-state index contributed by atoms with van der Waals surface area (Å²) in [5, 5.41) is 0. The summed E-state index contributed by atoms with van der Waals surface area (Å²) in [6.45, 7) is 20.0. The molecule has 0 amide bonds. The molecule has 3 rings (SSSR count). The Morgan fingerprint density at radius 1 is 0.857 bits per heavy atom. The Labute approximate surface area is 256 Å². The van der Waals surface area contributed by atoms with Gasteiger partial charge in [0, 0.05) is 5.92 Å². The van der Waals surface area contributed by atoms with Crippen LogP contribution in [0.4, 0.5) is 4.79 Å². The lowest BCUT2D eigenvalue weighted by molar-refractivity contribution is -0.140. The molecular formula is C37H60O5. The van der Waals surface area contributed by atoms with E-state index in [1.54, 1.807) is 0 Å². The molecular weight excluding hydrogens is 524 g/mol. The highest BCUT2D eigenvalue weighted by Gasteiger charge is 2.44. The molecule has 0 aliphatic carbocycles. The number of carbonyl (C=O) groups is 2. The minimum absolute atomic E-state index is 0.0736. The highest BCUT2D eigenvalue weighted by molar-refractivity contribution is 5.92. The molecule has 0 spiro atoms. The average Bonchev–Trinajstić information content (AvgIpc) is 2.95. The first-order valence-corrected chi connectivity index (χ1v) is 17.0. The Bertz CT molecular complexity index is 1050. The van der Waals surface area contributed by atoms with Crippen molar-refractivity contribution in [2.75, 3.05) is 13.2 Å². The Balaban J connectivity index is 1.55. The van der Waals surface area contributed by atoms with E-state index in [0.717, 1.165) is 59.5 Å². The first kappa shape index (κ1) is 34.5. The molecule has 1 fully saturated rings. The number of ether oxygens (including phenoxy) is 3. The molecule has 0 bridgehead atoms. The Hall–Kier alpha value is -2.04. The predicted molar refractivity (Wildman–Crippen MR) is 172 cm³/mol. The normalized spacial score (nSPS) is 20.2. The summed E-state index contributed by atoms with van der Waals surface area (Å²) in [6, 6.07) is 0. The Kier molecular flexibility index (Phi) is 12.8. The molecule has 1 aromatic carbocycles. The molecule has 0 aromatic heterocycles. The van der Waals surface area contributed by atoms with Gasteiger partial charge in [0.1, 0.15) is 19.0 Å². The van der Waals surface area contributed by atoms with Crippen LogP contribution in [-0.4, -0.2) is 31.3 Å². The maximum Gasteiger partial charge on any atom is 0.508 e. The Morgan fingerprint density at radius 3 is 2.00 bits per heavy atom. The van der Waals surface area contributed by atoms with Crippen molar-refractivity contribution < 1.29 is 23.8 Å². The molecule has 5 nitrogen and oxygen atoms in total. The minimum Gasteiger partial charge on any atom is -0.490 e. The fourth-order valence-corrected chi connectivity index (χ4v) is 7.21. The van der Waals surface area contributed by atoms with Gasteiger partial charge in [-0.2, -0.15) is 0 Å². The monoisotopic (exact) mass is 584 g/mol. The van der Waals surface area contributed by atoms with E-state index < -0.39 is 11.6 Å². The number of hydrogen-bond acceptors (Lipinski definition) is 5. The number of ketones is 1. The van der Waals surface area contributed by atoms with Crippen molar-refractivity contribution in [2.45, 2.75) is 151 Å². The molecule has 42 heavy (non-hydrogen) atoms. The van der Waals surface area contributed by atoms with Crippen LogP contribution in [0.3, 0.4) is 0 Å². The number of benzene rings is 1. The van der Waals surface area contributed by atoms with Crippen LogP contribution in [0.15, 0.2) is 0 Å². The van der Waals surface area contributed by atoms with Gasteiger partial charge in [0.15, 0.2) is 5.78 Å². The second kappa shape index (κ2) is 15.6. The van der Waals surface area contributed by atoms with Gasteiger partial charge in [-0.05, 0) is 105 Å². The van der Waals surface area contributed by atoms with Crippen molar-refractivity contribution in [2.24, 2.45) is 23.2 Å². The molecule has 0 N–H and O–H groups in total. The lowest BCUT2D eigenvalue weighted by atomic mass is 9.73. The first-order chi connectivity index (χ1) is 19.9. The van der Waals surface area contributed by atoms with E-state index in [9.17, 15) is 9.59 Å². The predicted octanol–water partition coefficient (Wildman–Crippen LogP) is 9.98. The zero-order valence-corrected chi connectivity index (χ0v) is 28.3. The maximum atomic E-state index is 13.8. The fourth-order valence-electron chi connectivity index (χ4n) is 7.21. The van der Waals surface area contributed by atoms with Gasteiger partial charge in [-0.1, -0.05) is 79.6 Å². The van der Waals surface area contributed by atoms with Crippen molar-refractivity contribution in [3.8, 4) is 5.75 Å². The second-order valence-electron chi connectivity index (χ2n) is 14.5. The van der Waals surface area contributed by atoms with Crippen LogP contribution in [0.25, 0.3) is 0 Å². The third-order valence-electron chi connectivity index (χ3n) is 10.2. The van der Waals surface area contributed by atoms with Crippen molar-refractivity contribution >= 4 is 11.9 Å². The summed E-state index contributed by atoms with van der Waals surface area (Å²) >= 11 is 0. The van der Waals surface area contributed by atoms with Gasteiger partial charge in [-0.15, -0.1) is 0 Å². The number of cyclic esters (lactones) is 2. The van der Waals surface area contributed by atoms with Gasteiger partial charge >= 0.3 is 6.16 Å². The molecule has 2 aliphatic heterocycles. The molecule has 1 saturated heterocycles. The second-order valence-corrected chi connectivity index (χ2v) is 14.5. The van der Waals surface area contributed by atoms with Crippen LogP contribution in [0.1, 0.15) is 146 Å². The highest BCUT2D eigenvalue weighted by atomic mass is 16.7. The van der Waals surface area contributed by atoms with E-state index in [1.807, 2.05) is 6.92 Å². The van der Waals surface area contributed by atoms with Gasteiger partial charge in [0.05, 0.1) is 11.5 Å². The summed E-state index contributed by atoms with van der Waals surface area (Å²) in [4.78, 5) is 25.3. The smallest absolute Gasteiger partial charge is 0.490 e. The van der Waals surface area contributed by atoms with E-state index in [2.05, 4.69) is 55.4 Å². The van der Waals surface area contributed by atoms with E-state index in [0.29, 0.717) is 6.42 Å². The maximum absolute atomic E-state index is 13.8. The van der Waals surface area contributed by atoms with Crippen LogP contribution in [-0.2, 0) is 20.7 Å². The molecule has 1 aromatic rings. The minimum atomic E-state index is -0.832. The number of rotatable bonds is 16. The van der Waals surface area contributed by atoms with Crippen LogP contribution in [0.2, 0.25) is 0 Å². The zero-order chi connectivity index (χ0) is 31.0. The topological polar surface area (TPSA) is 61.8 Å². The first-order valence-electron chi connectivity index (χ1n) is 17.0. The Morgan fingerprint density at radius 2 is 1.43 bits per heavy atom. The van der Waals surface area contributed by atoms with Crippen molar-refractivity contribution in [1.29, 1.82) is 0 Å². The van der Waals surface area contributed by atoms with Gasteiger partial charge in [0.25, 0.3) is 0 Å². The summed E-state index contributed by atoms with van der Waals surface area (Å²) in [6.07, 6.45) is 14.1. The summed E-state index contributed by atoms with van der Waals surface area (Å²) in [5.41, 5.74) is 5.06. The molecule has 238 valence electrons. The zero-order valence-electron chi connectivity index (χ0n) is 28.3. The van der Waals surface area contributed by atoms with Crippen LogP contribution < -0.4 is 4.74 Å². The van der Waals surface area contributed by atoms with Gasteiger partial charge in [-0.3, -0.25) is 4.79 Å². The van der Waals surface area contributed by atoms with Gasteiger partial charge in [-0.25, -0.2) is 4.79 Å². The third-order valence-corrected chi connectivity index (χ3v) is 10.2. The SMILES string of the molecule is CCC(C(=O)C1(C)COC(=O)OC1)c1c(C)c(C)c2c(c1C)CC[C@@H](CCC[C@H](C)CCC[C@H](C)CCCC(C)C)O2. The van der Waals surface area contributed by atoms with Crippen LogP contribution in [0, 0.1) is 43.9 Å². The van der Waals surface area contributed by atoms with E-state index in [1.165, 1.54) is 62.5 Å². The lowest BCUT2D eigenvalue weighted by Crippen LogP contribution is -2.45. The number of fused-ring (bicyclic) bond motifs is 1. The lowest BCUT2D eigenvalue weighted by Gasteiger charge is -2.36. The van der Waals surface area contributed by atoms with Crippen LogP contribution >= 0.6 is 0 Å². The quantitative estimate of drug-likeness (QED) is 0.181. The third kappa shape index (κ3) is 8.76. The van der Waals surface area contributed by atoms with E-state index >= 15 is 0 Å². The van der Waals surface area contributed by atoms with Crippen LogP contribution in [0.5, 0.6) is 5.75 Å². The average molecular weight is 585 g/mol. The van der Waals surface area contributed by atoms with Gasteiger partial charge in [0.2, 0.25) is 0 Å². The fraction of sp³-hybridized carbons (Fsp3) is 0.784. The van der Waals surface area contributed by atoms with E-state index in [4.69, 9.17) is 14.2 Å². The molecule has 0 saturated carbocycles. The van der Waals surface area contributed by atoms with Crippen molar-refractivity contribution in [3.63, 3.8) is 0 Å². The molecule has 5 heteroatoms. The summed E-state index contributed by atoms with van der Waals surface area (Å²) in [7, 11) is 0. The molecule has 0 radical (unpaired) electrons. The molecule has 2 heterocycles. The van der Waals surface area contributed by atoms with E-state index in [-0.39, 0.29) is 31.0 Å².